The summed E-state index contributed by atoms with van der Waals surface area (Å²) in [5, 5.41) is 3.43. The summed E-state index contributed by atoms with van der Waals surface area (Å²) in [7, 11) is 0. The molecule has 0 aromatic heterocycles. The summed E-state index contributed by atoms with van der Waals surface area (Å²) in [4.78, 5) is 24.7. The Labute approximate surface area is 96.4 Å². The lowest BCUT2D eigenvalue weighted by Crippen LogP contribution is -2.44. The van der Waals surface area contributed by atoms with Crippen LogP contribution in [0, 0.1) is 0 Å². The largest absolute Gasteiger partial charge is 0.314 e. The van der Waals surface area contributed by atoms with Gasteiger partial charge in [0, 0.05) is 24.9 Å². The highest BCUT2D eigenvalue weighted by molar-refractivity contribution is 6.02. The zero-order valence-corrected chi connectivity index (χ0v) is 9.87. The van der Waals surface area contributed by atoms with Crippen LogP contribution in [0.2, 0.25) is 0 Å². The van der Waals surface area contributed by atoms with Crippen LogP contribution in [0.5, 0.6) is 0 Å². The smallest absolute Gasteiger partial charge is 0.229 e. The van der Waals surface area contributed by atoms with E-state index >= 15 is 0 Å². The Morgan fingerprint density at radius 1 is 1.12 bits per heavy atom. The zero-order chi connectivity index (χ0) is 11.5. The van der Waals surface area contributed by atoms with Crippen LogP contribution in [0.4, 0.5) is 0 Å². The highest BCUT2D eigenvalue weighted by Gasteiger charge is 2.36. The number of likely N-dealkylation sites (tertiary alicyclic amines) is 1. The van der Waals surface area contributed by atoms with E-state index in [2.05, 4.69) is 12.2 Å². The predicted octanol–water partition coefficient (Wildman–Crippen LogP) is 1.06. The molecule has 0 aromatic carbocycles. The Morgan fingerprint density at radius 2 is 1.69 bits per heavy atom. The van der Waals surface area contributed by atoms with Crippen molar-refractivity contribution >= 4 is 11.8 Å². The molecule has 0 bridgehead atoms. The summed E-state index contributed by atoms with van der Waals surface area (Å²) < 4.78 is 0. The van der Waals surface area contributed by atoms with Crippen molar-refractivity contribution in [2.75, 3.05) is 6.54 Å². The van der Waals surface area contributed by atoms with Gasteiger partial charge < -0.3 is 5.32 Å². The van der Waals surface area contributed by atoms with E-state index in [1.165, 1.54) is 4.90 Å². The lowest BCUT2D eigenvalue weighted by atomic mass is 9.90. The molecule has 2 rings (SSSR count). The lowest BCUT2D eigenvalue weighted by Gasteiger charge is -2.33. The second kappa shape index (κ2) is 4.95. The van der Waals surface area contributed by atoms with Crippen molar-refractivity contribution in [1.29, 1.82) is 0 Å². The number of imide groups is 1. The van der Waals surface area contributed by atoms with Crippen molar-refractivity contribution in [3.05, 3.63) is 0 Å². The van der Waals surface area contributed by atoms with Crippen LogP contribution in [0.25, 0.3) is 0 Å². The van der Waals surface area contributed by atoms with Gasteiger partial charge in [-0.1, -0.05) is 6.92 Å². The molecule has 4 heteroatoms. The minimum atomic E-state index is 0.0388. The molecule has 0 aromatic rings. The average Bonchev–Trinajstić information content (AvgIpc) is 2.61. The molecule has 1 aliphatic carbocycles. The van der Waals surface area contributed by atoms with Crippen LogP contribution < -0.4 is 5.32 Å². The van der Waals surface area contributed by atoms with Crippen LogP contribution in [0.15, 0.2) is 0 Å². The summed E-state index contributed by atoms with van der Waals surface area (Å²) in [6, 6.07) is 0.756. The summed E-state index contributed by atoms with van der Waals surface area (Å²) in [6.07, 6.45) is 4.94. The Kier molecular flexibility index (Phi) is 3.59. The number of hydrogen-bond acceptors (Lipinski definition) is 3. The average molecular weight is 224 g/mol. The van der Waals surface area contributed by atoms with Gasteiger partial charge in [-0.2, -0.15) is 0 Å². The molecule has 0 radical (unpaired) electrons. The minimum Gasteiger partial charge on any atom is -0.314 e. The highest BCUT2D eigenvalue weighted by Crippen LogP contribution is 2.27. The summed E-state index contributed by atoms with van der Waals surface area (Å²) in [6.45, 7) is 3.11. The van der Waals surface area contributed by atoms with Gasteiger partial charge in [0.15, 0.2) is 0 Å². The number of amides is 2. The zero-order valence-electron chi connectivity index (χ0n) is 9.87. The molecule has 2 amide bonds. The quantitative estimate of drug-likeness (QED) is 0.729. The van der Waals surface area contributed by atoms with Crippen molar-refractivity contribution in [2.24, 2.45) is 0 Å². The number of carbonyl (C=O) groups is 2. The minimum absolute atomic E-state index is 0.0388. The van der Waals surface area contributed by atoms with E-state index in [1.807, 2.05) is 0 Å². The van der Waals surface area contributed by atoms with E-state index in [0.717, 1.165) is 32.2 Å². The topological polar surface area (TPSA) is 49.4 Å². The third-order valence-electron chi connectivity index (χ3n) is 3.64. The molecular weight excluding hydrogens is 204 g/mol. The van der Waals surface area contributed by atoms with Crippen molar-refractivity contribution in [3.8, 4) is 0 Å². The van der Waals surface area contributed by atoms with Gasteiger partial charge in [0.1, 0.15) is 0 Å². The predicted molar refractivity (Wildman–Crippen MR) is 60.8 cm³/mol. The van der Waals surface area contributed by atoms with Gasteiger partial charge >= 0.3 is 0 Å². The molecule has 2 aliphatic rings. The van der Waals surface area contributed by atoms with Gasteiger partial charge in [0.05, 0.1) is 0 Å². The van der Waals surface area contributed by atoms with Gasteiger partial charge in [0.25, 0.3) is 0 Å². The molecule has 16 heavy (non-hydrogen) atoms. The number of carbonyl (C=O) groups excluding carboxylic acids is 2. The van der Waals surface area contributed by atoms with E-state index in [-0.39, 0.29) is 17.9 Å². The van der Waals surface area contributed by atoms with Crippen LogP contribution in [-0.2, 0) is 9.59 Å². The van der Waals surface area contributed by atoms with E-state index in [9.17, 15) is 9.59 Å². The monoisotopic (exact) mass is 224 g/mol. The Morgan fingerprint density at radius 3 is 2.19 bits per heavy atom. The van der Waals surface area contributed by atoms with Crippen molar-refractivity contribution in [2.45, 2.75) is 57.5 Å². The fourth-order valence-corrected chi connectivity index (χ4v) is 2.83. The molecule has 0 unspecified atom stereocenters. The second-order valence-corrected chi connectivity index (χ2v) is 4.72. The SMILES string of the molecule is CCNC1CCC(N2C(=O)CCC2=O)CC1. The molecule has 0 atom stereocenters. The maximum absolute atomic E-state index is 11.6. The van der Waals surface area contributed by atoms with E-state index in [1.54, 1.807) is 0 Å². The third-order valence-corrected chi connectivity index (χ3v) is 3.64. The van der Waals surface area contributed by atoms with Gasteiger partial charge in [0.2, 0.25) is 11.8 Å². The number of hydrogen-bond donors (Lipinski definition) is 1. The van der Waals surface area contributed by atoms with E-state index < -0.39 is 0 Å². The first-order valence-corrected chi connectivity index (χ1v) is 6.30. The van der Waals surface area contributed by atoms with Crippen LogP contribution in [0.3, 0.4) is 0 Å². The van der Waals surface area contributed by atoms with Crippen molar-refractivity contribution in [1.82, 2.24) is 10.2 Å². The Hall–Kier alpha value is -0.900. The third kappa shape index (κ3) is 2.26. The first kappa shape index (κ1) is 11.6. The lowest BCUT2D eigenvalue weighted by molar-refractivity contribution is -0.141. The molecule has 4 nitrogen and oxygen atoms in total. The maximum Gasteiger partial charge on any atom is 0.229 e. The molecule has 1 heterocycles. The number of rotatable bonds is 3. The Bertz CT molecular complexity index is 267. The number of nitrogens with one attached hydrogen (secondary N) is 1. The first-order chi connectivity index (χ1) is 7.72. The molecule has 1 saturated heterocycles. The molecular formula is C12H20N2O2. The summed E-state index contributed by atoms with van der Waals surface area (Å²) >= 11 is 0. The van der Waals surface area contributed by atoms with Gasteiger partial charge in [-0.3, -0.25) is 14.5 Å². The highest BCUT2D eigenvalue weighted by atomic mass is 16.2. The normalized spacial score (nSPS) is 31.2. The fraction of sp³-hybridized carbons (Fsp3) is 0.833. The van der Waals surface area contributed by atoms with Crippen LogP contribution in [0.1, 0.15) is 45.4 Å². The Balaban J connectivity index is 1.88. The maximum atomic E-state index is 11.6. The molecule has 1 saturated carbocycles. The number of nitrogens with zero attached hydrogens (tertiary/aromatic N) is 1. The van der Waals surface area contributed by atoms with Crippen LogP contribution >= 0.6 is 0 Å². The molecule has 1 N–H and O–H groups in total. The van der Waals surface area contributed by atoms with Gasteiger partial charge in [-0.25, -0.2) is 0 Å². The molecule has 1 aliphatic heterocycles. The van der Waals surface area contributed by atoms with E-state index in [4.69, 9.17) is 0 Å². The molecule has 90 valence electrons. The van der Waals surface area contributed by atoms with Crippen LogP contribution in [-0.4, -0.2) is 35.3 Å². The summed E-state index contributed by atoms with van der Waals surface area (Å²) in [5.74, 6) is 0.0776. The van der Waals surface area contributed by atoms with Crippen molar-refractivity contribution in [3.63, 3.8) is 0 Å². The van der Waals surface area contributed by atoms with E-state index in [0.29, 0.717) is 18.9 Å². The molecule has 2 fully saturated rings. The second-order valence-electron chi connectivity index (χ2n) is 4.72. The van der Waals surface area contributed by atoms with Gasteiger partial charge in [-0.05, 0) is 32.2 Å². The molecule has 0 spiro atoms. The van der Waals surface area contributed by atoms with Crippen molar-refractivity contribution < 1.29 is 9.59 Å². The van der Waals surface area contributed by atoms with Gasteiger partial charge in [-0.15, -0.1) is 0 Å². The standard InChI is InChI=1S/C12H20N2O2/c1-2-13-9-3-5-10(6-4-9)14-11(15)7-8-12(14)16/h9-10,13H,2-8H2,1H3. The first-order valence-electron chi connectivity index (χ1n) is 6.30. The summed E-state index contributed by atoms with van der Waals surface area (Å²) in [5.41, 5.74) is 0. The fourth-order valence-electron chi connectivity index (χ4n) is 2.83.